The molecule has 1 aliphatic carbocycles. The molecule has 6 heteroatoms. The minimum absolute atomic E-state index is 0.0130. The summed E-state index contributed by atoms with van der Waals surface area (Å²) in [6.07, 6.45) is 2.49. The zero-order chi connectivity index (χ0) is 14.9. The Kier molecular flexibility index (Phi) is 4.34. The van der Waals surface area contributed by atoms with E-state index in [1.165, 1.54) is 6.07 Å². The predicted molar refractivity (Wildman–Crippen MR) is 80.8 cm³/mol. The number of nitro groups is 1. The monoisotopic (exact) mass is 342 g/mol. The van der Waals surface area contributed by atoms with Gasteiger partial charge in [-0.05, 0) is 34.8 Å². The van der Waals surface area contributed by atoms with Gasteiger partial charge in [0.25, 0.3) is 0 Å². The highest BCUT2D eigenvalue weighted by atomic mass is 79.9. The second-order valence-corrected chi connectivity index (χ2v) is 6.09. The third kappa shape index (κ3) is 2.31. The molecular weight excluding hydrogens is 324 g/mol. The molecule has 1 aromatic carbocycles. The molecule has 2 N–H and O–H groups in total. The van der Waals surface area contributed by atoms with Crippen LogP contribution in [0.4, 0.5) is 5.69 Å². The van der Waals surface area contributed by atoms with E-state index in [4.69, 9.17) is 10.5 Å². The highest BCUT2D eigenvalue weighted by Crippen LogP contribution is 2.49. The first-order chi connectivity index (χ1) is 9.46. The van der Waals surface area contributed by atoms with Gasteiger partial charge in [-0.1, -0.05) is 19.9 Å². The largest absolute Gasteiger partial charge is 0.482 e. The Balaban J connectivity index is 2.30. The van der Waals surface area contributed by atoms with E-state index in [9.17, 15) is 10.1 Å². The fourth-order valence-electron chi connectivity index (χ4n) is 3.07. The molecule has 0 heterocycles. The second kappa shape index (κ2) is 5.69. The first kappa shape index (κ1) is 15.3. The van der Waals surface area contributed by atoms with Crippen molar-refractivity contribution in [3.05, 3.63) is 32.8 Å². The summed E-state index contributed by atoms with van der Waals surface area (Å²) in [4.78, 5) is 10.7. The van der Waals surface area contributed by atoms with Gasteiger partial charge in [-0.15, -0.1) is 0 Å². The Morgan fingerprint density at radius 1 is 1.50 bits per heavy atom. The van der Waals surface area contributed by atoms with Crippen molar-refractivity contribution in [3.8, 4) is 5.75 Å². The van der Waals surface area contributed by atoms with E-state index in [0.29, 0.717) is 10.2 Å². The van der Waals surface area contributed by atoms with E-state index in [-0.39, 0.29) is 23.2 Å². The maximum Gasteiger partial charge on any atom is 0.312 e. The number of halogens is 1. The lowest BCUT2D eigenvalue weighted by Crippen LogP contribution is -2.63. The Morgan fingerprint density at radius 3 is 2.65 bits per heavy atom. The van der Waals surface area contributed by atoms with Gasteiger partial charge in [-0.2, -0.15) is 0 Å². The molecule has 0 aliphatic heterocycles. The van der Waals surface area contributed by atoms with Crippen molar-refractivity contribution in [1.29, 1.82) is 0 Å². The summed E-state index contributed by atoms with van der Waals surface area (Å²) in [7, 11) is 0. The van der Waals surface area contributed by atoms with Gasteiger partial charge in [0.05, 0.1) is 9.40 Å². The Labute approximate surface area is 126 Å². The van der Waals surface area contributed by atoms with Crippen LogP contribution in [-0.4, -0.2) is 17.1 Å². The highest BCUT2D eigenvalue weighted by molar-refractivity contribution is 9.10. The lowest BCUT2D eigenvalue weighted by Gasteiger charge is -2.53. The number of nitro benzene ring substituents is 1. The summed E-state index contributed by atoms with van der Waals surface area (Å²) in [6, 6.07) is 4.94. The van der Waals surface area contributed by atoms with Gasteiger partial charge in [-0.3, -0.25) is 10.1 Å². The molecule has 2 unspecified atom stereocenters. The maximum absolute atomic E-state index is 11.1. The van der Waals surface area contributed by atoms with E-state index in [0.717, 1.165) is 19.3 Å². The molecule has 0 spiro atoms. The van der Waals surface area contributed by atoms with Gasteiger partial charge in [0.15, 0.2) is 0 Å². The molecule has 0 radical (unpaired) electrons. The number of para-hydroxylation sites is 1. The molecular formula is C14H19BrN2O3. The molecule has 1 fully saturated rings. The molecule has 1 aromatic rings. The van der Waals surface area contributed by atoms with E-state index in [1.807, 2.05) is 0 Å². The molecule has 20 heavy (non-hydrogen) atoms. The summed E-state index contributed by atoms with van der Waals surface area (Å²) in [5.74, 6) is 0.306. The predicted octanol–water partition coefficient (Wildman–Crippen LogP) is 3.64. The topological polar surface area (TPSA) is 78.4 Å². The fraction of sp³-hybridized carbons (Fsp3) is 0.571. The van der Waals surface area contributed by atoms with Gasteiger partial charge < -0.3 is 10.5 Å². The molecule has 0 amide bonds. The Hall–Kier alpha value is -1.14. The molecule has 2 atom stereocenters. The molecule has 1 aliphatic rings. The van der Waals surface area contributed by atoms with Crippen molar-refractivity contribution in [1.82, 2.24) is 0 Å². The minimum atomic E-state index is -0.418. The standard InChI is InChI=1S/C14H19BrN2O3/c1-3-14(4-2)11(16)8-12(14)20-13-9(15)6-5-7-10(13)17(18)19/h5-7,11-12H,3-4,8,16H2,1-2H3. The Morgan fingerprint density at radius 2 is 2.15 bits per heavy atom. The van der Waals surface area contributed by atoms with E-state index < -0.39 is 4.92 Å². The van der Waals surface area contributed by atoms with Gasteiger partial charge in [-0.25, -0.2) is 0 Å². The summed E-state index contributed by atoms with van der Waals surface area (Å²) in [5.41, 5.74) is 6.04. The maximum atomic E-state index is 11.1. The normalized spacial score (nSPS) is 24.0. The van der Waals surface area contributed by atoms with Crippen LogP contribution < -0.4 is 10.5 Å². The van der Waals surface area contributed by atoms with Crippen molar-refractivity contribution < 1.29 is 9.66 Å². The molecule has 0 saturated heterocycles. The summed E-state index contributed by atoms with van der Waals surface area (Å²) in [5, 5.41) is 11.1. The van der Waals surface area contributed by atoms with Crippen LogP contribution in [-0.2, 0) is 0 Å². The van der Waals surface area contributed by atoms with Crippen molar-refractivity contribution in [2.24, 2.45) is 11.1 Å². The zero-order valence-electron chi connectivity index (χ0n) is 11.6. The van der Waals surface area contributed by atoms with Crippen LogP contribution >= 0.6 is 15.9 Å². The summed E-state index contributed by atoms with van der Waals surface area (Å²) < 4.78 is 6.58. The average molecular weight is 343 g/mol. The molecule has 0 bridgehead atoms. The molecule has 110 valence electrons. The van der Waals surface area contributed by atoms with Crippen LogP contribution in [0.3, 0.4) is 0 Å². The third-order valence-corrected chi connectivity index (χ3v) is 5.19. The lowest BCUT2D eigenvalue weighted by molar-refractivity contribution is -0.386. The second-order valence-electron chi connectivity index (χ2n) is 5.23. The third-order valence-electron chi connectivity index (χ3n) is 4.57. The van der Waals surface area contributed by atoms with E-state index in [1.54, 1.807) is 12.1 Å². The van der Waals surface area contributed by atoms with Crippen molar-refractivity contribution >= 4 is 21.6 Å². The van der Waals surface area contributed by atoms with E-state index in [2.05, 4.69) is 29.8 Å². The molecule has 5 nitrogen and oxygen atoms in total. The highest BCUT2D eigenvalue weighted by Gasteiger charge is 2.53. The van der Waals surface area contributed by atoms with Gasteiger partial charge in [0.2, 0.25) is 5.75 Å². The van der Waals surface area contributed by atoms with Gasteiger partial charge in [0, 0.05) is 23.9 Å². The summed E-state index contributed by atoms with van der Waals surface area (Å²) in [6.45, 7) is 4.18. The first-order valence-corrected chi connectivity index (χ1v) is 7.60. The van der Waals surface area contributed by atoms with Crippen LogP contribution in [0, 0.1) is 15.5 Å². The summed E-state index contributed by atoms with van der Waals surface area (Å²) >= 11 is 3.33. The number of ether oxygens (including phenoxy) is 1. The van der Waals surface area contributed by atoms with Crippen LogP contribution in [0.1, 0.15) is 33.1 Å². The van der Waals surface area contributed by atoms with Crippen LogP contribution in [0.2, 0.25) is 0 Å². The van der Waals surface area contributed by atoms with E-state index >= 15 is 0 Å². The average Bonchev–Trinajstić information content (AvgIpc) is 2.41. The molecule has 0 aromatic heterocycles. The van der Waals surface area contributed by atoms with Crippen molar-refractivity contribution in [3.63, 3.8) is 0 Å². The number of rotatable bonds is 5. The molecule has 1 saturated carbocycles. The van der Waals surface area contributed by atoms with Gasteiger partial charge in [0.1, 0.15) is 6.10 Å². The smallest absolute Gasteiger partial charge is 0.312 e. The first-order valence-electron chi connectivity index (χ1n) is 6.81. The fourth-order valence-corrected chi connectivity index (χ4v) is 3.52. The van der Waals surface area contributed by atoms with Crippen molar-refractivity contribution in [2.75, 3.05) is 0 Å². The lowest BCUT2D eigenvalue weighted by atomic mass is 9.59. The quantitative estimate of drug-likeness (QED) is 0.654. The van der Waals surface area contributed by atoms with Crippen molar-refractivity contribution in [2.45, 2.75) is 45.3 Å². The Bertz CT molecular complexity index is 517. The SMILES string of the molecule is CCC1(CC)C(N)CC1Oc1c(Br)cccc1[N+](=O)[O-]. The number of hydrogen-bond acceptors (Lipinski definition) is 4. The van der Waals surface area contributed by atoms with Crippen LogP contribution in [0.15, 0.2) is 22.7 Å². The number of hydrogen-bond donors (Lipinski definition) is 1. The van der Waals surface area contributed by atoms with Crippen LogP contribution in [0.5, 0.6) is 5.75 Å². The number of nitrogens with two attached hydrogens (primary N) is 1. The zero-order valence-corrected chi connectivity index (χ0v) is 13.2. The number of nitrogens with zero attached hydrogens (tertiary/aromatic N) is 1. The molecule has 2 rings (SSSR count). The van der Waals surface area contributed by atoms with Gasteiger partial charge >= 0.3 is 5.69 Å². The minimum Gasteiger partial charge on any atom is -0.482 e. The number of benzene rings is 1. The van der Waals surface area contributed by atoms with Crippen LogP contribution in [0.25, 0.3) is 0 Å².